The van der Waals surface area contributed by atoms with Gasteiger partial charge in [-0.15, -0.1) is 5.10 Å². The Morgan fingerprint density at radius 3 is 3.00 bits per heavy atom. The summed E-state index contributed by atoms with van der Waals surface area (Å²) < 4.78 is 9.29. The van der Waals surface area contributed by atoms with Crippen molar-refractivity contribution in [3.63, 3.8) is 0 Å². The van der Waals surface area contributed by atoms with Crippen LogP contribution < -0.4 is 4.74 Å². The summed E-state index contributed by atoms with van der Waals surface area (Å²) >= 11 is 0. The summed E-state index contributed by atoms with van der Waals surface area (Å²) in [6.07, 6.45) is 4.41. The van der Waals surface area contributed by atoms with E-state index in [4.69, 9.17) is 4.74 Å². The summed E-state index contributed by atoms with van der Waals surface area (Å²) in [5, 5.41) is 8.23. The van der Waals surface area contributed by atoms with E-state index in [0.717, 1.165) is 40.6 Å². The van der Waals surface area contributed by atoms with Crippen molar-refractivity contribution in [1.82, 2.24) is 24.5 Å². The summed E-state index contributed by atoms with van der Waals surface area (Å²) in [5.41, 5.74) is 5.22. The average molecular weight is 267 g/mol. The van der Waals surface area contributed by atoms with Crippen LogP contribution in [0.25, 0.3) is 11.4 Å². The molecule has 20 heavy (non-hydrogen) atoms. The maximum Gasteiger partial charge on any atom is 0.121 e. The molecule has 0 atom stereocenters. The number of benzene rings is 1. The number of ether oxygens (including phenoxy) is 1. The smallest absolute Gasteiger partial charge is 0.121 e. The lowest BCUT2D eigenvalue weighted by Crippen LogP contribution is -2.03. The Bertz CT molecular complexity index is 802. The third-order valence-corrected chi connectivity index (χ3v) is 3.71. The van der Waals surface area contributed by atoms with E-state index in [2.05, 4.69) is 19.9 Å². The van der Waals surface area contributed by atoms with Gasteiger partial charge < -0.3 is 9.30 Å². The third-order valence-electron chi connectivity index (χ3n) is 3.71. The molecule has 0 amide bonds. The number of rotatable bonds is 1. The molecule has 3 aromatic rings. The van der Waals surface area contributed by atoms with Crippen LogP contribution in [0.2, 0.25) is 0 Å². The van der Waals surface area contributed by atoms with Gasteiger partial charge in [-0.3, -0.25) is 0 Å². The lowest BCUT2D eigenvalue weighted by atomic mass is 10.2. The molecule has 4 rings (SSSR count). The van der Waals surface area contributed by atoms with Gasteiger partial charge in [0.15, 0.2) is 0 Å². The minimum absolute atomic E-state index is 0.760. The van der Waals surface area contributed by atoms with Gasteiger partial charge >= 0.3 is 0 Å². The summed E-state index contributed by atoms with van der Waals surface area (Å²) in [4.78, 5) is 4.42. The Hall–Kier alpha value is -2.63. The molecular weight excluding hydrogens is 254 g/mol. The molecule has 0 saturated heterocycles. The molecule has 0 aliphatic carbocycles. The fourth-order valence-electron chi connectivity index (χ4n) is 2.64. The SMILES string of the molecule is COc1ccc2c(c1)-n1nncc1Cc1c(C)ncn1-2. The number of hydrogen-bond donors (Lipinski definition) is 0. The van der Waals surface area contributed by atoms with Crippen LogP contribution in [0.15, 0.2) is 30.7 Å². The monoisotopic (exact) mass is 267 g/mol. The van der Waals surface area contributed by atoms with E-state index >= 15 is 0 Å². The van der Waals surface area contributed by atoms with Gasteiger partial charge in [-0.1, -0.05) is 5.21 Å². The van der Waals surface area contributed by atoms with Gasteiger partial charge in [0.2, 0.25) is 0 Å². The Labute approximate surface area is 115 Å². The first-order valence-electron chi connectivity index (χ1n) is 6.39. The third kappa shape index (κ3) is 1.41. The number of aromatic nitrogens is 5. The first kappa shape index (κ1) is 11.2. The van der Waals surface area contributed by atoms with E-state index in [-0.39, 0.29) is 0 Å². The Morgan fingerprint density at radius 1 is 1.25 bits per heavy atom. The van der Waals surface area contributed by atoms with Crippen LogP contribution in [-0.2, 0) is 6.42 Å². The van der Waals surface area contributed by atoms with E-state index < -0.39 is 0 Å². The predicted molar refractivity (Wildman–Crippen MR) is 72.6 cm³/mol. The highest BCUT2D eigenvalue weighted by atomic mass is 16.5. The van der Waals surface area contributed by atoms with Crippen LogP contribution in [0.3, 0.4) is 0 Å². The fourth-order valence-corrected chi connectivity index (χ4v) is 2.64. The van der Waals surface area contributed by atoms with E-state index in [1.165, 1.54) is 0 Å². The molecule has 0 spiro atoms. The molecule has 0 saturated carbocycles. The van der Waals surface area contributed by atoms with E-state index in [1.807, 2.05) is 36.1 Å². The van der Waals surface area contributed by atoms with Crippen molar-refractivity contribution in [2.75, 3.05) is 7.11 Å². The fraction of sp³-hybridized carbons (Fsp3) is 0.214. The van der Waals surface area contributed by atoms with Crippen LogP contribution >= 0.6 is 0 Å². The number of aryl methyl sites for hydroxylation is 1. The summed E-state index contributed by atoms with van der Waals surface area (Å²) in [7, 11) is 1.66. The molecule has 1 aliphatic rings. The minimum atomic E-state index is 0.760. The highest BCUT2D eigenvalue weighted by molar-refractivity contribution is 5.58. The van der Waals surface area contributed by atoms with Gasteiger partial charge in [-0.05, 0) is 19.1 Å². The Kier molecular flexibility index (Phi) is 2.20. The van der Waals surface area contributed by atoms with Crippen LogP contribution in [0.4, 0.5) is 0 Å². The molecule has 0 fully saturated rings. The molecule has 1 aromatic carbocycles. The van der Waals surface area contributed by atoms with Gasteiger partial charge in [0.05, 0.1) is 48.1 Å². The number of methoxy groups -OCH3 is 1. The first-order chi connectivity index (χ1) is 9.78. The minimum Gasteiger partial charge on any atom is -0.497 e. The highest BCUT2D eigenvalue weighted by Crippen LogP contribution is 2.30. The van der Waals surface area contributed by atoms with E-state index in [1.54, 1.807) is 13.3 Å². The molecule has 6 nitrogen and oxygen atoms in total. The zero-order valence-corrected chi connectivity index (χ0v) is 11.2. The molecule has 1 aliphatic heterocycles. The van der Waals surface area contributed by atoms with E-state index in [9.17, 15) is 0 Å². The molecule has 0 unspecified atom stereocenters. The standard InChI is InChI=1S/C14H13N5O/c1-9-13-5-10-7-16-17-19(10)14-6-11(20-2)3-4-12(14)18(13)8-15-9/h3-4,6-8H,5H2,1-2H3. The number of fused-ring (bicyclic) bond motifs is 5. The van der Waals surface area contributed by atoms with Crippen molar-refractivity contribution in [2.45, 2.75) is 13.3 Å². The summed E-state index contributed by atoms with van der Waals surface area (Å²) in [5.74, 6) is 0.797. The predicted octanol–water partition coefficient (Wildman–Crippen LogP) is 1.67. The Balaban J connectivity index is 2.08. The van der Waals surface area contributed by atoms with Gasteiger partial charge in [0, 0.05) is 12.5 Å². The van der Waals surface area contributed by atoms with Crippen molar-refractivity contribution < 1.29 is 4.74 Å². The quantitative estimate of drug-likeness (QED) is 0.526. The van der Waals surface area contributed by atoms with Gasteiger partial charge in [-0.25, -0.2) is 9.67 Å². The molecule has 0 radical (unpaired) electrons. The second kappa shape index (κ2) is 3.93. The van der Waals surface area contributed by atoms with Crippen LogP contribution in [0.5, 0.6) is 5.75 Å². The molecule has 6 heteroatoms. The second-order valence-corrected chi connectivity index (χ2v) is 4.82. The zero-order valence-electron chi connectivity index (χ0n) is 11.2. The number of imidazole rings is 1. The second-order valence-electron chi connectivity index (χ2n) is 4.82. The highest BCUT2D eigenvalue weighted by Gasteiger charge is 2.22. The maximum absolute atomic E-state index is 5.32. The van der Waals surface area contributed by atoms with Gasteiger partial charge in [0.25, 0.3) is 0 Å². The number of nitrogens with zero attached hydrogens (tertiary/aromatic N) is 5. The molecule has 0 N–H and O–H groups in total. The van der Waals surface area contributed by atoms with Crippen molar-refractivity contribution >= 4 is 0 Å². The Morgan fingerprint density at radius 2 is 2.15 bits per heavy atom. The zero-order chi connectivity index (χ0) is 13.7. The van der Waals surface area contributed by atoms with Crippen molar-refractivity contribution in [3.05, 3.63) is 47.8 Å². The molecule has 0 bridgehead atoms. The van der Waals surface area contributed by atoms with Crippen molar-refractivity contribution in [2.24, 2.45) is 0 Å². The lowest BCUT2D eigenvalue weighted by molar-refractivity contribution is 0.414. The molecule has 100 valence electrons. The van der Waals surface area contributed by atoms with Gasteiger partial charge in [-0.2, -0.15) is 0 Å². The summed E-state index contributed by atoms with van der Waals surface area (Å²) in [6, 6.07) is 5.94. The molecule has 3 heterocycles. The van der Waals surface area contributed by atoms with Crippen molar-refractivity contribution in [1.29, 1.82) is 0 Å². The van der Waals surface area contributed by atoms with Crippen LogP contribution in [0, 0.1) is 6.92 Å². The van der Waals surface area contributed by atoms with Gasteiger partial charge in [0.1, 0.15) is 5.75 Å². The molecule has 2 aromatic heterocycles. The average Bonchev–Trinajstić information content (AvgIpc) is 3.04. The first-order valence-corrected chi connectivity index (χ1v) is 6.39. The topological polar surface area (TPSA) is 57.8 Å². The van der Waals surface area contributed by atoms with Crippen molar-refractivity contribution in [3.8, 4) is 17.1 Å². The lowest BCUT2D eigenvalue weighted by Gasteiger charge is -2.11. The molecular formula is C14H13N5O. The largest absolute Gasteiger partial charge is 0.497 e. The van der Waals surface area contributed by atoms with E-state index in [0.29, 0.717) is 0 Å². The van der Waals surface area contributed by atoms with Crippen LogP contribution in [0.1, 0.15) is 17.1 Å². The normalized spacial score (nSPS) is 12.3. The summed E-state index contributed by atoms with van der Waals surface area (Å²) in [6.45, 7) is 2.02. The number of hydrogen-bond acceptors (Lipinski definition) is 4. The van der Waals surface area contributed by atoms with Crippen LogP contribution in [-0.4, -0.2) is 31.7 Å². The maximum atomic E-state index is 5.32.